The van der Waals surface area contributed by atoms with E-state index >= 15 is 0 Å². The molecule has 0 fully saturated rings. The number of aromatic carboxylic acids is 1. The summed E-state index contributed by atoms with van der Waals surface area (Å²) < 4.78 is 2.21. The number of pyridine rings is 1. The topological polar surface area (TPSA) is 54.6 Å². The van der Waals surface area contributed by atoms with Gasteiger partial charge in [0.1, 0.15) is 5.65 Å². The van der Waals surface area contributed by atoms with Gasteiger partial charge >= 0.3 is 5.97 Å². The molecule has 0 bridgehead atoms. The van der Waals surface area contributed by atoms with Gasteiger partial charge in [0.05, 0.1) is 10.8 Å². The van der Waals surface area contributed by atoms with Crippen LogP contribution in [0.5, 0.6) is 0 Å². The van der Waals surface area contributed by atoms with Crippen molar-refractivity contribution < 1.29 is 9.90 Å². The predicted octanol–water partition coefficient (Wildman–Crippen LogP) is 1.79. The molecule has 0 spiro atoms. The molecule has 0 saturated carbocycles. The van der Waals surface area contributed by atoms with Crippen molar-refractivity contribution in [2.75, 3.05) is 0 Å². The van der Waals surface area contributed by atoms with Crippen LogP contribution in [0.1, 0.15) is 10.5 Å². The molecule has 13 heavy (non-hydrogen) atoms. The van der Waals surface area contributed by atoms with E-state index in [4.69, 9.17) is 5.11 Å². The van der Waals surface area contributed by atoms with E-state index in [1.165, 1.54) is 10.6 Å². The molecule has 2 aromatic rings. The highest BCUT2D eigenvalue weighted by molar-refractivity contribution is 9.10. The molecular weight excluding hydrogens is 236 g/mol. The Morgan fingerprint density at radius 2 is 2.31 bits per heavy atom. The fraction of sp³-hybridized carbons (Fsp3) is 0. The molecule has 0 radical (unpaired) electrons. The van der Waals surface area contributed by atoms with E-state index in [0.717, 1.165) is 0 Å². The van der Waals surface area contributed by atoms with Crippen molar-refractivity contribution in [1.82, 2.24) is 9.38 Å². The van der Waals surface area contributed by atoms with Crippen LogP contribution in [0.3, 0.4) is 0 Å². The van der Waals surface area contributed by atoms with Crippen molar-refractivity contribution in [3.05, 3.63) is 34.7 Å². The van der Waals surface area contributed by atoms with Crippen LogP contribution >= 0.6 is 15.9 Å². The quantitative estimate of drug-likeness (QED) is 0.774. The van der Waals surface area contributed by atoms with Crippen molar-refractivity contribution in [1.29, 1.82) is 0 Å². The first-order chi connectivity index (χ1) is 6.20. The Hall–Kier alpha value is -1.36. The van der Waals surface area contributed by atoms with Gasteiger partial charge in [-0.15, -0.1) is 0 Å². The molecule has 2 heterocycles. The zero-order chi connectivity index (χ0) is 9.42. The van der Waals surface area contributed by atoms with Crippen LogP contribution in [0.25, 0.3) is 5.65 Å². The molecule has 0 aliphatic heterocycles. The van der Waals surface area contributed by atoms with Gasteiger partial charge in [0.15, 0.2) is 5.69 Å². The molecule has 0 unspecified atom stereocenters. The molecule has 0 saturated heterocycles. The van der Waals surface area contributed by atoms with Crippen LogP contribution in [0.2, 0.25) is 0 Å². The summed E-state index contributed by atoms with van der Waals surface area (Å²) in [6.45, 7) is 0. The number of hydrogen-bond donors (Lipinski definition) is 1. The Morgan fingerprint density at radius 1 is 1.54 bits per heavy atom. The van der Waals surface area contributed by atoms with Crippen LogP contribution < -0.4 is 0 Å². The number of rotatable bonds is 1. The van der Waals surface area contributed by atoms with Crippen LogP contribution in [0, 0.1) is 0 Å². The summed E-state index contributed by atoms with van der Waals surface area (Å²) in [4.78, 5) is 14.7. The molecule has 1 N–H and O–H groups in total. The Balaban J connectivity index is 2.86. The molecule has 0 aliphatic rings. The van der Waals surface area contributed by atoms with Gasteiger partial charge in [-0.1, -0.05) is 6.07 Å². The van der Waals surface area contributed by atoms with E-state index in [2.05, 4.69) is 20.9 Å². The molecule has 4 nitrogen and oxygen atoms in total. The lowest BCUT2D eigenvalue weighted by Gasteiger charge is -1.98. The largest absolute Gasteiger partial charge is 0.477 e. The molecule has 0 aliphatic carbocycles. The number of imidazole rings is 1. The number of hydrogen-bond acceptors (Lipinski definition) is 2. The molecule has 2 rings (SSSR count). The van der Waals surface area contributed by atoms with Crippen molar-refractivity contribution in [3.63, 3.8) is 0 Å². The highest BCUT2D eigenvalue weighted by atomic mass is 79.9. The SMILES string of the molecule is O=C(O)c1cnc2cccc(Br)n12. The Morgan fingerprint density at radius 3 is 3.00 bits per heavy atom. The first-order valence-corrected chi connectivity index (χ1v) is 4.35. The van der Waals surface area contributed by atoms with Gasteiger partial charge < -0.3 is 5.11 Å². The zero-order valence-corrected chi connectivity index (χ0v) is 8.02. The number of carbonyl (C=O) groups is 1. The van der Waals surface area contributed by atoms with Gasteiger partial charge in [0, 0.05) is 0 Å². The first-order valence-electron chi connectivity index (χ1n) is 3.55. The van der Waals surface area contributed by atoms with Crippen LogP contribution in [0.4, 0.5) is 0 Å². The van der Waals surface area contributed by atoms with Crippen molar-refractivity contribution in [3.8, 4) is 0 Å². The van der Waals surface area contributed by atoms with Crippen molar-refractivity contribution >= 4 is 27.5 Å². The Labute approximate surface area is 82.0 Å². The van der Waals surface area contributed by atoms with Gasteiger partial charge in [-0.05, 0) is 28.1 Å². The molecule has 0 aromatic carbocycles. The smallest absolute Gasteiger partial charge is 0.354 e. The third-order valence-electron chi connectivity index (χ3n) is 1.70. The molecule has 0 amide bonds. The number of fused-ring (bicyclic) bond motifs is 1. The summed E-state index contributed by atoms with van der Waals surface area (Å²) in [7, 11) is 0. The minimum atomic E-state index is -0.987. The maximum Gasteiger partial charge on any atom is 0.354 e. The highest BCUT2D eigenvalue weighted by Crippen LogP contribution is 2.15. The first kappa shape index (κ1) is 8.25. The summed E-state index contributed by atoms with van der Waals surface area (Å²) >= 11 is 3.25. The van der Waals surface area contributed by atoms with Gasteiger partial charge in [-0.25, -0.2) is 9.78 Å². The summed E-state index contributed by atoms with van der Waals surface area (Å²) in [6, 6.07) is 5.32. The number of carboxylic acids is 1. The summed E-state index contributed by atoms with van der Waals surface area (Å²) in [6.07, 6.45) is 1.34. The van der Waals surface area contributed by atoms with E-state index in [1.54, 1.807) is 18.2 Å². The van der Waals surface area contributed by atoms with Gasteiger partial charge in [-0.3, -0.25) is 4.40 Å². The van der Waals surface area contributed by atoms with Crippen molar-refractivity contribution in [2.45, 2.75) is 0 Å². The Bertz CT molecular complexity index is 478. The molecular formula is C8H5BrN2O2. The van der Waals surface area contributed by atoms with E-state index in [1.807, 2.05) is 0 Å². The average Bonchev–Trinajstić information content (AvgIpc) is 2.49. The van der Waals surface area contributed by atoms with Crippen LogP contribution in [-0.2, 0) is 0 Å². The zero-order valence-electron chi connectivity index (χ0n) is 6.44. The van der Waals surface area contributed by atoms with Gasteiger partial charge in [0.2, 0.25) is 0 Å². The average molecular weight is 241 g/mol. The number of carboxylic acid groups (broad SMARTS) is 1. The number of aromatic nitrogens is 2. The van der Waals surface area contributed by atoms with E-state index < -0.39 is 5.97 Å². The lowest BCUT2D eigenvalue weighted by Crippen LogP contribution is -2.01. The Kier molecular flexibility index (Phi) is 1.81. The molecule has 5 heteroatoms. The fourth-order valence-electron chi connectivity index (χ4n) is 1.15. The second-order valence-corrected chi connectivity index (χ2v) is 3.30. The van der Waals surface area contributed by atoms with E-state index in [0.29, 0.717) is 10.3 Å². The lowest BCUT2D eigenvalue weighted by atomic mass is 10.4. The minimum Gasteiger partial charge on any atom is -0.477 e. The summed E-state index contributed by atoms with van der Waals surface area (Å²) in [5.41, 5.74) is 0.772. The maximum absolute atomic E-state index is 10.7. The fourth-order valence-corrected chi connectivity index (χ4v) is 1.67. The highest BCUT2D eigenvalue weighted by Gasteiger charge is 2.11. The minimum absolute atomic E-state index is 0.155. The number of halogens is 1. The maximum atomic E-state index is 10.7. The third kappa shape index (κ3) is 1.21. The third-order valence-corrected chi connectivity index (χ3v) is 2.32. The second-order valence-electron chi connectivity index (χ2n) is 2.49. The predicted molar refractivity (Wildman–Crippen MR) is 49.9 cm³/mol. The van der Waals surface area contributed by atoms with E-state index in [-0.39, 0.29) is 5.69 Å². The molecule has 2 aromatic heterocycles. The van der Waals surface area contributed by atoms with Crippen LogP contribution in [-0.4, -0.2) is 20.5 Å². The summed E-state index contributed by atoms with van der Waals surface area (Å²) in [5, 5.41) is 8.81. The van der Waals surface area contributed by atoms with Crippen molar-refractivity contribution in [2.24, 2.45) is 0 Å². The molecule has 0 atom stereocenters. The van der Waals surface area contributed by atoms with Crippen LogP contribution in [0.15, 0.2) is 29.0 Å². The van der Waals surface area contributed by atoms with E-state index in [9.17, 15) is 4.79 Å². The normalized spacial score (nSPS) is 10.5. The lowest BCUT2D eigenvalue weighted by molar-refractivity contribution is 0.0689. The van der Waals surface area contributed by atoms with Gasteiger partial charge in [0.25, 0.3) is 0 Å². The monoisotopic (exact) mass is 240 g/mol. The van der Waals surface area contributed by atoms with Gasteiger partial charge in [-0.2, -0.15) is 0 Å². The number of nitrogens with zero attached hydrogens (tertiary/aromatic N) is 2. The second kappa shape index (κ2) is 2.85. The summed E-state index contributed by atoms with van der Waals surface area (Å²) in [5.74, 6) is -0.987. The molecule has 66 valence electrons. The standard InChI is InChI=1S/C8H5BrN2O2/c9-6-2-1-3-7-10-4-5(8(12)13)11(6)7/h1-4H,(H,12,13).